The summed E-state index contributed by atoms with van der Waals surface area (Å²) in [6.45, 7) is 4.17. The van der Waals surface area contributed by atoms with Gasteiger partial charge in [0.05, 0.1) is 5.41 Å². The maximum atomic E-state index is 12.4. The minimum absolute atomic E-state index is 0.223. The zero-order valence-corrected chi connectivity index (χ0v) is 9.08. The molecule has 0 spiro atoms. The number of allylic oxidation sites excluding steroid dienone is 2. The van der Waals surface area contributed by atoms with Crippen molar-refractivity contribution in [3.8, 4) is 0 Å². The second-order valence-corrected chi connectivity index (χ2v) is 4.91. The van der Waals surface area contributed by atoms with Crippen LogP contribution in [0.25, 0.3) is 0 Å². The van der Waals surface area contributed by atoms with Crippen molar-refractivity contribution in [2.45, 2.75) is 26.2 Å². The summed E-state index contributed by atoms with van der Waals surface area (Å²) in [6.07, 6.45) is 3.23. The fourth-order valence-electron chi connectivity index (χ4n) is 2.94. The average molecular weight is 198 g/mol. The van der Waals surface area contributed by atoms with Crippen molar-refractivity contribution in [1.82, 2.24) is 0 Å². The SMILES string of the molecule is CC1=C[C@@H]2C[C@@]1(C)C(=O)c1ccccc12. The molecule has 2 atom stereocenters. The molecule has 1 aromatic carbocycles. The number of fused-ring (bicyclic) bond motifs is 4. The first-order valence-electron chi connectivity index (χ1n) is 5.45. The van der Waals surface area contributed by atoms with Gasteiger partial charge in [-0.05, 0) is 25.8 Å². The third-order valence-electron chi connectivity index (χ3n) is 4.06. The number of ketones is 1. The summed E-state index contributed by atoms with van der Waals surface area (Å²) in [5.41, 5.74) is 3.17. The normalized spacial score (nSPS) is 32.5. The van der Waals surface area contributed by atoms with Crippen LogP contribution >= 0.6 is 0 Å². The van der Waals surface area contributed by atoms with Crippen molar-refractivity contribution in [1.29, 1.82) is 0 Å². The molecule has 76 valence electrons. The Labute approximate surface area is 89.8 Å². The fraction of sp³-hybridized carbons (Fsp3) is 0.357. The number of Topliss-reactive ketones (excluding diaryl/α,β-unsaturated/α-hetero) is 1. The molecular formula is C14H14O. The van der Waals surface area contributed by atoms with E-state index in [1.807, 2.05) is 18.2 Å². The number of benzene rings is 1. The molecule has 0 aliphatic heterocycles. The van der Waals surface area contributed by atoms with Crippen LogP contribution in [0.3, 0.4) is 0 Å². The quantitative estimate of drug-likeness (QED) is 0.584. The lowest BCUT2D eigenvalue weighted by atomic mass is 9.70. The fourth-order valence-corrected chi connectivity index (χ4v) is 2.94. The second kappa shape index (κ2) is 2.60. The van der Waals surface area contributed by atoms with Gasteiger partial charge in [0.25, 0.3) is 0 Å². The lowest BCUT2D eigenvalue weighted by molar-refractivity contribution is 0.0841. The first-order chi connectivity index (χ1) is 7.13. The lowest BCUT2D eigenvalue weighted by Crippen LogP contribution is -2.31. The van der Waals surface area contributed by atoms with E-state index in [2.05, 4.69) is 26.0 Å². The van der Waals surface area contributed by atoms with Gasteiger partial charge < -0.3 is 0 Å². The van der Waals surface area contributed by atoms with Gasteiger partial charge in [-0.25, -0.2) is 0 Å². The zero-order chi connectivity index (χ0) is 10.6. The highest BCUT2D eigenvalue weighted by Gasteiger charge is 2.47. The largest absolute Gasteiger partial charge is 0.293 e. The number of carbonyl (C=O) groups is 1. The smallest absolute Gasteiger partial charge is 0.173 e. The van der Waals surface area contributed by atoms with E-state index in [9.17, 15) is 4.79 Å². The molecule has 0 fully saturated rings. The van der Waals surface area contributed by atoms with Gasteiger partial charge in [0.2, 0.25) is 0 Å². The molecule has 1 heteroatoms. The van der Waals surface area contributed by atoms with Crippen LogP contribution in [0.15, 0.2) is 35.9 Å². The first-order valence-corrected chi connectivity index (χ1v) is 5.45. The number of rotatable bonds is 0. The van der Waals surface area contributed by atoms with E-state index < -0.39 is 0 Å². The van der Waals surface area contributed by atoms with Crippen molar-refractivity contribution >= 4 is 5.78 Å². The van der Waals surface area contributed by atoms with Crippen LogP contribution in [0.1, 0.15) is 42.1 Å². The van der Waals surface area contributed by atoms with E-state index in [0.29, 0.717) is 11.7 Å². The second-order valence-electron chi connectivity index (χ2n) is 4.91. The van der Waals surface area contributed by atoms with Gasteiger partial charge in [-0.3, -0.25) is 4.79 Å². The van der Waals surface area contributed by atoms with Gasteiger partial charge >= 0.3 is 0 Å². The monoisotopic (exact) mass is 198 g/mol. The summed E-state index contributed by atoms with van der Waals surface area (Å²) >= 11 is 0. The highest BCUT2D eigenvalue weighted by Crippen LogP contribution is 2.52. The van der Waals surface area contributed by atoms with E-state index in [0.717, 1.165) is 12.0 Å². The highest BCUT2D eigenvalue weighted by molar-refractivity contribution is 6.05. The van der Waals surface area contributed by atoms with Gasteiger partial charge in [0, 0.05) is 11.5 Å². The van der Waals surface area contributed by atoms with Gasteiger partial charge in [0.1, 0.15) is 0 Å². The van der Waals surface area contributed by atoms with Crippen molar-refractivity contribution < 1.29 is 4.79 Å². The van der Waals surface area contributed by atoms with Gasteiger partial charge in [-0.15, -0.1) is 0 Å². The topological polar surface area (TPSA) is 17.1 Å². The van der Waals surface area contributed by atoms with Crippen molar-refractivity contribution in [3.63, 3.8) is 0 Å². The van der Waals surface area contributed by atoms with Gasteiger partial charge in [-0.2, -0.15) is 0 Å². The Morgan fingerprint density at radius 2 is 2.07 bits per heavy atom. The van der Waals surface area contributed by atoms with E-state index in [1.165, 1.54) is 11.1 Å². The van der Waals surface area contributed by atoms with Gasteiger partial charge in [0.15, 0.2) is 5.78 Å². The van der Waals surface area contributed by atoms with Crippen LogP contribution in [0.4, 0.5) is 0 Å². The highest BCUT2D eigenvalue weighted by atomic mass is 16.1. The number of carbonyl (C=O) groups excluding carboxylic acids is 1. The molecule has 2 aliphatic rings. The van der Waals surface area contributed by atoms with E-state index in [-0.39, 0.29) is 5.41 Å². The Balaban J connectivity index is 2.28. The lowest BCUT2D eigenvalue weighted by Gasteiger charge is -2.31. The molecule has 0 N–H and O–H groups in total. The molecule has 0 amide bonds. The third-order valence-corrected chi connectivity index (χ3v) is 4.06. The summed E-state index contributed by atoms with van der Waals surface area (Å²) in [5.74, 6) is 0.768. The van der Waals surface area contributed by atoms with Crippen LogP contribution in [-0.4, -0.2) is 5.78 Å². The molecule has 0 heterocycles. The molecule has 0 radical (unpaired) electrons. The maximum Gasteiger partial charge on any atom is 0.173 e. The van der Waals surface area contributed by atoms with Crippen LogP contribution in [0.5, 0.6) is 0 Å². The van der Waals surface area contributed by atoms with Crippen LogP contribution in [0.2, 0.25) is 0 Å². The van der Waals surface area contributed by atoms with Crippen molar-refractivity contribution in [2.24, 2.45) is 5.41 Å². The Bertz CT molecular complexity index is 484. The Morgan fingerprint density at radius 3 is 2.87 bits per heavy atom. The van der Waals surface area contributed by atoms with Crippen LogP contribution in [-0.2, 0) is 0 Å². The van der Waals surface area contributed by atoms with E-state index in [4.69, 9.17) is 0 Å². The molecule has 0 saturated carbocycles. The van der Waals surface area contributed by atoms with Crippen molar-refractivity contribution in [2.75, 3.05) is 0 Å². The Morgan fingerprint density at radius 1 is 1.33 bits per heavy atom. The summed E-state index contributed by atoms with van der Waals surface area (Å²) in [7, 11) is 0. The summed E-state index contributed by atoms with van der Waals surface area (Å²) in [5, 5.41) is 0. The Hall–Kier alpha value is -1.37. The van der Waals surface area contributed by atoms with E-state index in [1.54, 1.807) is 0 Å². The Kier molecular flexibility index (Phi) is 1.54. The molecule has 3 rings (SSSR count). The predicted molar refractivity (Wildman–Crippen MR) is 60.0 cm³/mol. The third kappa shape index (κ3) is 0.956. The van der Waals surface area contributed by atoms with Crippen LogP contribution < -0.4 is 0 Å². The van der Waals surface area contributed by atoms with Crippen LogP contribution in [0, 0.1) is 5.41 Å². The van der Waals surface area contributed by atoms with E-state index >= 15 is 0 Å². The molecular weight excluding hydrogens is 184 g/mol. The molecule has 0 saturated heterocycles. The summed E-state index contributed by atoms with van der Waals surface area (Å²) < 4.78 is 0. The number of hydrogen-bond acceptors (Lipinski definition) is 1. The predicted octanol–water partition coefficient (Wildman–Crippen LogP) is 3.32. The molecule has 2 bridgehead atoms. The minimum atomic E-state index is -0.223. The molecule has 2 aliphatic carbocycles. The maximum absolute atomic E-state index is 12.4. The molecule has 1 aromatic rings. The first kappa shape index (κ1) is 8.90. The molecule has 0 unspecified atom stereocenters. The minimum Gasteiger partial charge on any atom is -0.293 e. The van der Waals surface area contributed by atoms with Gasteiger partial charge in [-0.1, -0.05) is 35.9 Å². The standard InChI is InChI=1S/C14H14O/c1-9-7-10-8-14(9,2)13(15)12-6-4-3-5-11(10)12/h3-7,10H,8H2,1-2H3/t10-,14-/m1/s1. The molecule has 1 nitrogen and oxygen atoms in total. The summed E-state index contributed by atoms with van der Waals surface area (Å²) in [4.78, 5) is 12.4. The summed E-state index contributed by atoms with van der Waals surface area (Å²) in [6, 6.07) is 8.04. The number of hydrogen-bond donors (Lipinski definition) is 0. The average Bonchev–Trinajstić information content (AvgIpc) is 2.51. The molecule has 15 heavy (non-hydrogen) atoms. The van der Waals surface area contributed by atoms with Crippen molar-refractivity contribution in [3.05, 3.63) is 47.0 Å². The zero-order valence-electron chi connectivity index (χ0n) is 9.08. The molecule has 0 aromatic heterocycles.